The van der Waals surface area contributed by atoms with Gasteiger partial charge in [-0.1, -0.05) is 71.1 Å². The second-order valence-electron chi connectivity index (χ2n) is 6.95. The summed E-state index contributed by atoms with van der Waals surface area (Å²) in [4.78, 5) is 11.8. The number of nitrogens with one attached hydrogen (secondary N) is 1. The lowest BCUT2D eigenvalue weighted by Crippen LogP contribution is -2.35. The van der Waals surface area contributed by atoms with Crippen molar-refractivity contribution in [3.8, 4) is 0 Å². The molecule has 0 radical (unpaired) electrons. The Balaban J connectivity index is 1.86. The topological polar surface area (TPSA) is 63.2 Å². The van der Waals surface area contributed by atoms with E-state index in [9.17, 15) is 13.2 Å². The smallest absolute Gasteiger partial charge is 0.220 e. The lowest BCUT2D eigenvalue weighted by Gasteiger charge is -2.10. The maximum absolute atomic E-state index is 11.8. The first-order chi connectivity index (χ1) is 11.0. The van der Waals surface area contributed by atoms with Gasteiger partial charge in [-0.05, 0) is 12.8 Å². The molecule has 1 aliphatic rings. The first kappa shape index (κ1) is 20.5. The number of rotatable bonds is 13. The Hall–Kier alpha value is -0.580. The number of sulfone groups is 1. The van der Waals surface area contributed by atoms with E-state index in [0.717, 1.165) is 12.8 Å². The third-order valence-corrected chi connectivity index (χ3v) is 6.37. The van der Waals surface area contributed by atoms with Crippen LogP contribution in [0.3, 0.4) is 0 Å². The fourth-order valence-corrected chi connectivity index (χ4v) is 4.83. The molecule has 1 rings (SSSR count). The second kappa shape index (κ2) is 11.9. The Morgan fingerprint density at radius 3 is 1.91 bits per heavy atom. The van der Waals surface area contributed by atoms with Crippen LogP contribution in [-0.4, -0.2) is 31.9 Å². The van der Waals surface area contributed by atoms with Crippen LogP contribution in [0.15, 0.2) is 0 Å². The first-order valence-corrected chi connectivity index (χ1v) is 11.4. The third kappa shape index (κ3) is 10.7. The molecule has 0 aromatic heterocycles. The van der Waals surface area contributed by atoms with Gasteiger partial charge in [0.15, 0.2) is 9.84 Å². The molecule has 1 fully saturated rings. The molecule has 1 N–H and O–H groups in total. The zero-order chi connectivity index (χ0) is 17.0. The number of unbranched alkanes of at least 4 members (excludes halogenated alkanes) is 10. The summed E-state index contributed by atoms with van der Waals surface area (Å²) < 4.78 is 22.7. The molecule has 0 aliphatic carbocycles. The van der Waals surface area contributed by atoms with E-state index < -0.39 is 9.84 Å². The van der Waals surface area contributed by atoms with Gasteiger partial charge in [0.1, 0.15) is 0 Å². The highest BCUT2D eigenvalue weighted by Gasteiger charge is 2.28. The Morgan fingerprint density at radius 2 is 1.43 bits per heavy atom. The molecule has 1 amide bonds. The third-order valence-electron chi connectivity index (χ3n) is 4.60. The van der Waals surface area contributed by atoms with Crippen LogP contribution in [0.25, 0.3) is 0 Å². The molecular weight excluding hydrogens is 310 g/mol. The summed E-state index contributed by atoms with van der Waals surface area (Å²) in [5.41, 5.74) is 0. The molecule has 136 valence electrons. The van der Waals surface area contributed by atoms with Crippen molar-refractivity contribution in [3.63, 3.8) is 0 Å². The largest absolute Gasteiger partial charge is 0.352 e. The molecule has 0 spiro atoms. The fraction of sp³-hybridized carbons (Fsp3) is 0.944. The zero-order valence-electron chi connectivity index (χ0n) is 14.8. The van der Waals surface area contributed by atoms with Crippen LogP contribution in [-0.2, 0) is 14.6 Å². The normalized spacial score (nSPS) is 19.8. The van der Waals surface area contributed by atoms with Crippen molar-refractivity contribution < 1.29 is 13.2 Å². The molecule has 1 saturated heterocycles. The summed E-state index contributed by atoms with van der Waals surface area (Å²) in [5.74, 6) is 0.357. The van der Waals surface area contributed by atoms with Crippen LogP contribution in [0, 0.1) is 0 Å². The van der Waals surface area contributed by atoms with Crippen molar-refractivity contribution in [1.29, 1.82) is 0 Å². The van der Waals surface area contributed by atoms with E-state index in [1.165, 1.54) is 57.8 Å². The highest BCUT2D eigenvalue weighted by Crippen LogP contribution is 2.13. The Kier molecular flexibility index (Phi) is 10.6. The summed E-state index contributed by atoms with van der Waals surface area (Å²) in [6.07, 6.45) is 15.1. The average molecular weight is 346 g/mol. The minimum absolute atomic E-state index is 0.0167. The van der Waals surface area contributed by atoms with Crippen LogP contribution in [0.1, 0.15) is 90.4 Å². The molecule has 1 heterocycles. The summed E-state index contributed by atoms with van der Waals surface area (Å²) in [7, 11) is -2.90. The maximum atomic E-state index is 11.8. The van der Waals surface area contributed by atoms with Gasteiger partial charge < -0.3 is 5.32 Å². The van der Waals surface area contributed by atoms with E-state index in [-0.39, 0.29) is 23.5 Å². The number of hydrogen-bond donors (Lipinski definition) is 1. The molecule has 0 aromatic carbocycles. The van der Waals surface area contributed by atoms with E-state index in [4.69, 9.17) is 0 Å². The summed E-state index contributed by atoms with van der Waals surface area (Å²) >= 11 is 0. The maximum Gasteiger partial charge on any atom is 0.220 e. The van der Waals surface area contributed by atoms with Crippen molar-refractivity contribution in [2.75, 3.05) is 11.5 Å². The summed E-state index contributed by atoms with van der Waals surface area (Å²) in [6, 6.07) is -0.153. The number of hydrogen-bond acceptors (Lipinski definition) is 3. The van der Waals surface area contributed by atoms with Crippen LogP contribution >= 0.6 is 0 Å². The Bertz CT molecular complexity index is 420. The number of carbonyl (C=O) groups is 1. The van der Waals surface area contributed by atoms with Gasteiger partial charge in [0.25, 0.3) is 0 Å². The van der Waals surface area contributed by atoms with E-state index in [1.807, 2.05) is 0 Å². The van der Waals surface area contributed by atoms with Crippen molar-refractivity contribution >= 4 is 15.7 Å². The van der Waals surface area contributed by atoms with Crippen molar-refractivity contribution in [2.24, 2.45) is 0 Å². The van der Waals surface area contributed by atoms with Gasteiger partial charge in [0, 0.05) is 12.5 Å². The lowest BCUT2D eigenvalue weighted by atomic mass is 10.1. The predicted octanol–water partition coefficient (Wildman–Crippen LogP) is 3.99. The van der Waals surface area contributed by atoms with Gasteiger partial charge in [-0.25, -0.2) is 8.42 Å². The summed E-state index contributed by atoms with van der Waals surface area (Å²) in [5, 5.41) is 2.85. The average Bonchev–Trinajstić information content (AvgIpc) is 2.83. The fourth-order valence-electron chi connectivity index (χ4n) is 3.16. The van der Waals surface area contributed by atoms with Crippen LogP contribution in [0.4, 0.5) is 0 Å². The van der Waals surface area contributed by atoms with E-state index in [2.05, 4.69) is 12.2 Å². The number of amides is 1. The molecule has 23 heavy (non-hydrogen) atoms. The van der Waals surface area contributed by atoms with Gasteiger partial charge >= 0.3 is 0 Å². The second-order valence-corrected chi connectivity index (χ2v) is 9.18. The Labute approximate surface area is 142 Å². The molecule has 0 saturated carbocycles. The zero-order valence-corrected chi connectivity index (χ0v) is 15.6. The Morgan fingerprint density at radius 1 is 0.913 bits per heavy atom. The summed E-state index contributed by atoms with van der Waals surface area (Å²) in [6.45, 7) is 2.25. The minimum atomic E-state index is -2.90. The highest BCUT2D eigenvalue weighted by molar-refractivity contribution is 7.91. The molecule has 5 heteroatoms. The van der Waals surface area contributed by atoms with Crippen LogP contribution in [0.5, 0.6) is 0 Å². The van der Waals surface area contributed by atoms with Crippen molar-refractivity contribution in [1.82, 2.24) is 5.32 Å². The minimum Gasteiger partial charge on any atom is -0.352 e. The molecule has 0 aromatic rings. The van der Waals surface area contributed by atoms with Crippen molar-refractivity contribution in [3.05, 3.63) is 0 Å². The van der Waals surface area contributed by atoms with Gasteiger partial charge in [0.05, 0.1) is 11.5 Å². The lowest BCUT2D eigenvalue weighted by molar-refractivity contribution is -0.121. The van der Waals surface area contributed by atoms with Crippen LogP contribution in [0.2, 0.25) is 0 Å². The van der Waals surface area contributed by atoms with E-state index in [1.54, 1.807) is 0 Å². The van der Waals surface area contributed by atoms with Crippen molar-refractivity contribution in [2.45, 2.75) is 96.4 Å². The van der Waals surface area contributed by atoms with E-state index >= 15 is 0 Å². The van der Waals surface area contributed by atoms with Gasteiger partial charge in [-0.15, -0.1) is 0 Å². The molecule has 0 bridgehead atoms. The highest BCUT2D eigenvalue weighted by atomic mass is 32.2. The first-order valence-electron chi connectivity index (χ1n) is 9.53. The van der Waals surface area contributed by atoms with Gasteiger partial charge in [-0.2, -0.15) is 0 Å². The molecule has 1 unspecified atom stereocenters. The SMILES string of the molecule is CCCCCCCCCCCCCC(=O)NC1CCS(=O)(=O)C1. The molecular formula is C18H35NO3S. The molecule has 1 aliphatic heterocycles. The van der Waals surface area contributed by atoms with E-state index in [0.29, 0.717) is 12.8 Å². The standard InChI is InChI=1S/C18H35NO3S/c1-2-3-4-5-6-7-8-9-10-11-12-13-18(20)19-17-14-15-23(21,22)16-17/h17H,2-16H2,1H3,(H,19,20). The number of carbonyl (C=O) groups excluding carboxylic acids is 1. The molecule has 4 nitrogen and oxygen atoms in total. The monoisotopic (exact) mass is 345 g/mol. The van der Waals surface area contributed by atoms with Crippen LogP contribution < -0.4 is 5.32 Å². The molecule has 1 atom stereocenters. The van der Waals surface area contributed by atoms with Gasteiger partial charge in [0.2, 0.25) is 5.91 Å². The quantitative estimate of drug-likeness (QED) is 0.513. The predicted molar refractivity (Wildman–Crippen MR) is 96.3 cm³/mol. The van der Waals surface area contributed by atoms with Gasteiger partial charge in [-0.3, -0.25) is 4.79 Å².